The Hall–Kier alpha value is -3.39. The van der Waals surface area contributed by atoms with E-state index in [2.05, 4.69) is 10.6 Å². The van der Waals surface area contributed by atoms with E-state index in [0.29, 0.717) is 16.9 Å². The van der Waals surface area contributed by atoms with Crippen LogP contribution in [0.15, 0.2) is 48.5 Å². The van der Waals surface area contributed by atoms with Crippen LogP contribution in [0.25, 0.3) is 0 Å². The number of para-hydroxylation sites is 1. The lowest BCUT2D eigenvalue weighted by molar-refractivity contribution is -0.137. The topological polar surface area (TPSA) is 115 Å². The molecule has 4 N–H and O–H groups in total. The summed E-state index contributed by atoms with van der Waals surface area (Å²) in [5.41, 5.74) is -0.931. The Morgan fingerprint density at radius 3 is 2.59 bits per heavy atom. The van der Waals surface area contributed by atoms with Crippen LogP contribution in [-0.2, 0) is 11.3 Å². The molecule has 2 aromatic carbocycles. The van der Waals surface area contributed by atoms with Crippen LogP contribution in [0.2, 0.25) is 0 Å². The van der Waals surface area contributed by atoms with Gasteiger partial charge in [0.2, 0.25) is 5.91 Å². The Labute approximate surface area is 199 Å². The van der Waals surface area contributed by atoms with Crippen LogP contribution in [0.5, 0.6) is 5.75 Å². The number of guanidine groups is 1. The minimum absolute atomic E-state index is 0.0493. The van der Waals surface area contributed by atoms with Gasteiger partial charge in [-0.2, -0.15) is 0 Å². The maximum Gasteiger partial charge on any atom is 0.251 e. The van der Waals surface area contributed by atoms with Crippen molar-refractivity contribution in [2.45, 2.75) is 70.4 Å². The van der Waals surface area contributed by atoms with Crippen molar-refractivity contribution < 1.29 is 19.4 Å². The van der Waals surface area contributed by atoms with Gasteiger partial charge in [-0.15, -0.1) is 0 Å². The second-order valence-corrected chi connectivity index (χ2v) is 10.4. The predicted molar refractivity (Wildman–Crippen MR) is 129 cm³/mol. The van der Waals surface area contributed by atoms with Crippen molar-refractivity contribution in [1.29, 1.82) is 5.41 Å². The van der Waals surface area contributed by atoms with Crippen molar-refractivity contribution in [3.05, 3.63) is 65.2 Å². The average molecular weight is 465 g/mol. The van der Waals surface area contributed by atoms with Crippen molar-refractivity contribution in [1.82, 2.24) is 15.5 Å². The molecule has 180 valence electrons. The number of hydrogen-bond acceptors (Lipinski definition) is 5. The van der Waals surface area contributed by atoms with Crippen LogP contribution in [0.4, 0.5) is 0 Å². The van der Waals surface area contributed by atoms with Gasteiger partial charge in [0.25, 0.3) is 5.91 Å². The van der Waals surface area contributed by atoms with Crippen LogP contribution >= 0.6 is 0 Å². The Kier molecular flexibility index (Phi) is 5.68. The standard InChI is InChI=1S/C26H32N4O4/c1-24(2)14-20(31)30(23(27)29-24)15-16-9-8-10-17(13-16)22(32)28-21-18-11-6-7-12-19(18)34-25(3,4)26(21,5)33/h6-13,21,33H,14-15H2,1-5H3,(H2,27,29)(H,28,32). The van der Waals surface area contributed by atoms with Gasteiger partial charge in [0.1, 0.15) is 17.0 Å². The quantitative estimate of drug-likeness (QED) is 0.555. The highest BCUT2D eigenvalue weighted by Crippen LogP contribution is 2.46. The van der Waals surface area contributed by atoms with Gasteiger partial charge in [0.05, 0.1) is 12.6 Å². The molecular weight excluding hydrogens is 432 g/mol. The van der Waals surface area contributed by atoms with E-state index < -0.39 is 22.8 Å². The first-order chi connectivity index (χ1) is 15.8. The zero-order valence-electron chi connectivity index (χ0n) is 20.2. The molecule has 0 spiro atoms. The zero-order valence-corrected chi connectivity index (χ0v) is 20.2. The Bertz CT molecular complexity index is 1130. The fraction of sp³-hybridized carbons (Fsp3) is 0.423. The van der Waals surface area contributed by atoms with E-state index >= 15 is 0 Å². The Morgan fingerprint density at radius 1 is 1.18 bits per heavy atom. The van der Waals surface area contributed by atoms with Gasteiger partial charge in [0.15, 0.2) is 5.96 Å². The average Bonchev–Trinajstić information content (AvgIpc) is 2.73. The number of rotatable bonds is 4. The first-order valence-corrected chi connectivity index (χ1v) is 11.4. The molecule has 1 fully saturated rings. The van der Waals surface area contributed by atoms with Gasteiger partial charge >= 0.3 is 0 Å². The molecule has 2 atom stereocenters. The molecule has 2 heterocycles. The van der Waals surface area contributed by atoms with Gasteiger partial charge < -0.3 is 20.5 Å². The third kappa shape index (κ3) is 4.25. The molecule has 0 aromatic heterocycles. The summed E-state index contributed by atoms with van der Waals surface area (Å²) >= 11 is 0. The van der Waals surface area contributed by atoms with Gasteiger partial charge in [-0.3, -0.25) is 19.9 Å². The van der Waals surface area contributed by atoms with E-state index in [9.17, 15) is 14.7 Å². The number of hydrogen-bond donors (Lipinski definition) is 4. The van der Waals surface area contributed by atoms with E-state index in [1.807, 2.05) is 44.2 Å². The maximum atomic E-state index is 13.3. The number of nitrogens with zero attached hydrogens (tertiary/aromatic N) is 1. The lowest BCUT2D eigenvalue weighted by Gasteiger charge is -2.49. The van der Waals surface area contributed by atoms with E-state index in [0.717, 1.165) is 5.56 Å². The minimum atomic E-state index is -1.37. The number of fused-ring (bicyclic) bond motifs is 1. The molecule has 2 amide bonds. The maximum absolute atomic E-state index is 13.3. The molecule has 8 heteroatoms. The number of aliphatic hydroxyl groups is 1. The lowest BCUT2D eigenvalue weighted by atomic mass is 9.75. The van der Waals surface area contributed by atoms with E-state index in [1.54, 1.807) is 39.0 Å². The molecule has 8 nitrogen and oxygen atoms in total. The van der Waals surface area contributed by atoms with Gasteiger partial charge in [-0.05, 0) is 58.4 Å². The van der Waals surface area contributed by atoms with Crippen LogP contribution < -0.4 is 15.4 Å². The highest BCUT2D eigenvalue weighted by molar-refractivity contribution is 5.99. The summed E-state index contributed by atoms with van der Waals surface area (Å²) in [6.45, 7) is 9.20. The molecule has 0 aliphatic carbocycles. The summed E-state index contributed by atoms with van der Waals surface area (Å²) in [6, 6.07) is 13.6. The van der Waals surface area contributed by atoms with Gasteiger partial charge in [-0.1, -0.05) is 30.3 Å². The molecule has 0 radical (unpaired) electrons. The van der Waals surface area contributed by atoms with Crippen LogP contribution in [-0.4, -0.2) is 44.5 Å². The lowest BCUT2D eigenvalue weighted by Crippen LogP contribution is -2.62. The SMILES string of the molecule is CC1(C)CC(=O)N(Cc2cccc(C(=O)NC3c4ccccc4OC(C)(C)C3(C)O)c2)C(=N)N1. The summed E-state index contributed by atoms with van der Waals surface area (Å²) in [6.07, 6.45) is 0.281. The monoisotopic (exact) mass is 464 g/mol. The largest absolute Gasteiger partial charge is 0.484 e. The number of nitrogens with one attached hydrogen (secondary N) is 3. The molecule has 2 aromatic rings. The van der Waals surface area contributed by atoms with Crippen LogP contribution in [0, 0.1) is 5.41 Å². The third-order valence-electron chi connectivity index (χ3n) is 6.80. The van der Waals surface area contributed by atoms with E-state index in [1.165, 1.54) is 4.90 Å². The zero-order chi connectivity index (χ0) is 24.9. The van der Waals surface area contributed by atoms with Crippen molar-refractivity contribution in [2.75, 3.05) is 0 Å². The van der Waals surface area contributed by atoms with Crippen molar-refractivity contribution in [3.8, 4) is 5.75 Å². The smallest absolute Gasteiger partial charge is 0.251 e. The van der Waals surface area contributed by atoms with Crippen molar-refractivity contribution in [3.63, 3.8) is 0 Å². The fourth-order valence-electron chi connectivity index (χ4n) is 4.46. The number of carbonyl (C=O) groups is 2. The second kappa shape index (κ2) is 8.13. The first kappa shape index (κ1) is 23.8. The van der Waals surface area contributed by atoms with E-state index in [4.69, 9.17) is 10.1 Å². The fourth-order valence-corrected chi connectivity index (χ4v) is 4.46. The molecule has 0 bridgehead atoms. The number of amides is 2. The normalized spacial score (nSPS) is 25.1. The van der Waals surface area contributed by atoms with Crippen molar-refractivity contribution >= 4 is 17.8 Å². The highest BCUT2D eigenvalue weighted by Gasteiger charge is 2.53. The Morgan fingerprint density at radius 2 is 1.88 bits per heavy atom. The van der Waals surface area contributed by atoms with Gasteiger partial charge in [0, 0.05) is 23.1 Å². The van der Waals surface area contributed by atoms with Gasteiger partial charge in [-0.25, -0.2) is 0 Å². The Balaban J connectivity index is 1.56. The predicted octanol–water partition coefficient (Wildman–Crippen LogP) is 3.11. The molecule has 4 rings (SSSR count). The van der Waals surface area contributed by atoms with Crippen LogP contribution in [0.3, 0.4) is 0 Å². The molecular formula is C26H32N4O4. The molecule has 34 heavy (non-hydrogen) atoms. The second-order valence-electron chi connectivity index (χ2n) is 10.4. The highest BCUT2D eigenvalue weighted by atomic mass is 16.5. The van der Waals surface area contributed by atoms with Crippen molar-refractivity contribution in [2.24, 2.45) is 0 Å². The summed E-state index contributed by atoms with van der Waals surface area (Å²) < 4.78 is 6.03. The minimum Gasteiger partial charge on any atom is -0.484 e. The number of carbonyl (C=O) groups excluding carboxylic acids is 2. The molecule has 2 aliphatic rings. The van der Waals surface area contributed by atoms with Crippen LogP contribution in [0.1, 0.15) is 68.6 Å². The molecule has 0 saturated carbocycles. The number of benzene rings is 2. The first-order valence-electron chi connectivity index (χ1n) is 11.4. The summed E-state index contributed by atoms with van der Waals surface area (Å²) in [5.74, 6) is 0.184. The number of ether oxygens (including phenoxy) is 1. The van der Waals surface area contributed by atoms with E-state index in [-0.39, 0.29) is 30.7 Å². The summed E-state index contributed by atoms with van der Waals surface area (Å²) in [7, 11) is 0. The summed E-state index contributed by atoms with van der Waals surface area (Å²) in [4.78, 5) is 27.2. The third-order valence-corrected chi connectivity index (χ3v) is 6.80. The molecule has 2 unspecified atom stereocenters. The molecule has 1 saturated heterocycles. The summed E-state index contributed by atoms with van der Waals surface area (Å²) in [5, 5.41) is 25.6. The molecule has 2 aliphatic heterocycles.